The molecular weight excluding hydrogens is 178 g/mol. The van der Waals surface area contributed by atoms with Crippen molar-refractivity contribution in [3.8, 4) is 0 Å². The summed E-state index contributed by atoms with van der Waals surface area (Å²) in [4.78, 5) is 4.37. The SMILES string of the molecule is COCCNc1nc(C)ccc1CN. The third-order valence-electron chi connectivity index (χ3n) is 1.94. The second-order valence-electron chi connectivity index (χ2n) is 3.08. The molecule has 0 aliphatic carbocycles. The molecule has 1 heterocycles. The molecule has 14 heavy (non-hydrogen) atoms. The van der Waals surface area contributed by atoms with Crippen LogP contribution in [0.5, 0.6) is 0 Å². The maximum absolute atomic E-state index is 5.59. The summed E-state index contributed by atoms with van der Waals surface area (Å²) in [5.41, 5.74) is 7.62. The minimum absolute atomic E-state index is 0.503. The zero-order chi connectivity index (χ0) is 10.4. The summed E-state index contributed by atoms with van der Waals surface area (Å²) in [5.74, 6) is 0.865. The van der Waals surface area contributed by atoms with Gasteiger partial charge < -0.3 is 15.8 Å². The highest BCUT2D eigenvalue weighted by molar-refractivity contribution is 5.44. The predicted molar refractivity (Wildman–Crippen MR) is 57.2 cm³/mol. The van der Waals surface area contributed by atoms with Gasteiger partial charge in [0.15, 0.2) is 0 Å². The Kier molecular flexibility index (Phi) is 4.35. The smallest absolute Gasteiger partial charge is 0.130 e. The number of ether oxygens (including phenoxy) is 1. The van der Waals surface area contributed by atoms with Crippen LogP contribution in [0.15, 0.2) is 12.1 Å². The van der Waals surface area contributed by atoms with E-state index in [9.17, 15) is 0 Å². The maximum Gasteiger partial charge on any atom is 0.130 e. The molecule has 0 saturated heterocycles. The Hall–Kier alpha value is -1.13. The first-order valence-electron chi connectivity index (χ1n) is 4.67. The van der Waals surface area contributed by atoms with Crippen molar-refractivity contribution >= 4 is 5.82 Å². The lowest BCUT2D eigenvalue weighted by Gasteiger charge is -2.09. The fourth-order valence-corrected chi connectivity index (χ4v) is 1.17. The molecular formula is C10H17N3O. The topological polar surface area (TPSA) is 60.2 Å². The van der Waals surface area contributed by atoms with Crippen LogP contribution < -0.4 is 11.1 Å². The van der Waals surface area contributed by atoms with Gasteiger partial charge in [-0.1, -0.05) is 6.07 Å². The highest BCUT2D eigenvalue weighted by Gasteiger charge is 2.01. The largest absolute Gasteiger partial charge is 0.383 e. The third kappa shape index (κ3) is 2.97. The number of pyridine rings is 1. The van der Waals surface area contributed by atoms with Gasteiger partial charge in [-0.2, -0.15) is 0 Å². The number of methoxy groups -OCH3 is 1. The average Bonchev–Trinajstić information content (AvgIpc) is 2.19. The number of nitrogens with two attached hydrogens (primary N) is 1. The fraction of sp³-hybridized carbons (Fsp3) is 0.500. The second-order valence-corrected chi connectivity index (χ2v) is 3.08. The van der Waals surface area contributed by atoms with Crippen LogP contribution in [0.1, 0.15) is 11.3 Å². The first kappa shape index (κ1) is 10.9. The molecule has 0 aromatic carbocycles. The van der Waals surface area contributed by atoms with Crippen molar-refractivity contribution in [2.24, 2.45) is 5.73 Å². The molecule has 0 aliphatic heterocycles. The lowest BCUT2D eigenvalue weighted by atomic mass is 10.2. The first-order valence-corrected chi connectivity index (χ1v) is 4.67. The molecule has 4 nitrogen and oxygen atoms in total. The van der Waals surface area contributed by atoms with Crippen molar-refractivity contribution < 1.29 is 4.74 Å². The van der Waals surface area contributed by atoms with Gasteiger partial charge in [0.2, 0.25) is 0 Å². The molecule has 0 spiro atoms. The van der Waals surface area contributed by atoms with E-state index in [-0.39, 0.29) is 0 Å². The summed E-state index contributed by atoms with van der Waals surface area (Å²) < 4.78 is 4.95. The van der Waals surface area contributed by atoms with Crippen LogP contribution in [-0.4, -0.2) is 25.2 Å². The molecule has 0 unspecified atom stereocenters. The number of aryl methyl sites for hydroxylation is 1. The summed E-state index contributed by atoms with van der Waals surface area (Å²) in [7, 11) is 1.68. The van der Waals surface area contributed by atoms with Crippen LogP contribution in [0.2, 0.25) is 0 Å². The van der Waals surface area contributed by atoms with E-state index in [0.717, 1.165) is 23.6 Å². The minimum atomic E-state index is 0.503. The Morgan fingerprint density at radius 3 is 2.93 bits per heavy atom. The molecule has 4 heteroatoms. The first-order chi connectivity index (χ1) is 6.77. The maximum atomic E-state index is 5.59. The molecule has 1 rings (SSSR count). The molecule has 3 N–H and O–H groups in total. The van der Waals surface area contributed by atoms with Gasteiger partial charge in [-0.25, -0.2) is 4.98 Å². The van der Waals surface area contributed by atoms with Crippen molar-refractivity contribution in [1.29, 1.82) is 0 Å². The number of nitrogens with one attached hydrogen (secondary N) is 1. The summed E-state index contributed by atoms with van der Waals surface area (Å²) in [6.07, 6.45) is 0. The molecule has 0 radical (unpaired) electrons. The van der Waals surface area contributed by atoms with Gasteiger partial charge in [0.1, 0.15) is 5.82 Å². The van der Waals surface area contributed by atoms with Crippen molar-refractivity contribution in [3.05, 3.63) is 23.4 Å². The number of anilines is 1. The Morgan fingerprint density at radius 1 is 1.50 bits per heavy atom. The monoisotopic (exact) mass is 195 g/mol. The zero-order valence-electron chi connectivity index (χ0n) is 8.71. The summed E-state index contributed by atoms with van der Waals surface area (Å²) >= 11 is 0. The van der Waals surface area contributed by atoms with Crippen LogP contribution in [-0.2, 0) is 11.3 Å². The molecule has 0 saturated carbocycles. The quantitative estimate of drug-likeness (QED) is 0.685. The van der Waals surface area contributed by atoms with Gasteiger partial charge in [0.05, 0.1) is 6.61 Å². The fourth-order valence-electron chi connectivity index (χ4n) is 1.17. The average molecular weight is 195 g/mol. The lowest BCUT2D eigenvalue weighted by molar-refractivity contribution is 0.210. The standard InChI is InChI=1S/C10H17N3O/c1-8-3-4-9(7-11)10(13-8)12-5-6-14-2/h3-4H,5-7,11H2,1-2H3,(H,12,13). The Morgan fingerprint density at radius 2 is 2.29 bits per heavy atom. The van der Waals surface area contributed by atoms with Crippen molar-refractivity contribution in [2.45, 2.75) is 13.5 Å². The zero-order valence-corrected chi connectivity index (χ0v) is 8.71. The number of rotatable bonds is 5. The lowest BCUT2D eigenvalue weighted by Crippen LogP contribution is -2.12. The molecule has 1 aromatic rings. The van der Waals surface area contributed by atoms with E-state index in [1.807, 2.05) is 19.1 Å². The van der Waals surface area contributed by atoms with Crippen LogP contribution in [0.3, 0.4) is 0 Å². The van der Waals surface area contributed by atoms with Crippen LogP contribution in [0.4, 0.5) is 5.82 Å². The van der Waals surface area contributed by atoms with Crippen molar-refractivity contribution in [2.75, 3.05) is 25.6 Å². The summed E-state index contributed by atoms with van der Waals surface area (Å²) in [6.45, 7) is 3.88. The second kappa shape index (κ2) is 5.57. The molecule has 0 bridgehead atoms. The van der Waals surface area contributed by atoms with Crippen LogP contribution in [0.25, 0.3) is 0 Å². The number of nitrogens with zero attached hydrogens (tertiary/aromatic N) is 1. The molecule has 0 aliphatic rings. The predicted octanol–water partition coefficient (Wildman–Crippen LogP) is 0.907. The third-order valence-corrected chi connectivity index (χ3v) is 1.94. The molecule has 0 fully saturated rings. The normalized spacial score (nSPS) is 10.2. The van der Waals surface area contributed by atoms with Gasteiger partial charge in [0.25, 0.3) is 0 Å². The Balaban J connectivity index is 2.67. The van der Waals surface area contributed by atoms with Crippen molar-refractivity contribution in [3.63, 3.8) is 0 Å². The highest BCUT2D eigenvalue weighted by Crippen LogP contribution is 2.11. The van der Waals surface area contributed by atoms with E-state index in [2.05, 4.69) is 10.3 Å². The van der Waals surface area contributed by atoms with Crippen LogP contribution >= 0.6 is 0 Å². The minimum Gasteiger partial charge on any atom is -0.383 e. The van der Waals surface area contributed by atoms with Gasteiger partial charge in [0, 0.05) is 31.5 Å². The molecule has 78 valence electrons. The van der Waals surface area contributed by atoms with Gasteiger partial charge >= 0.3 is 0 Å². The molecule has 1 aromatic heterocycles. The summed E-state index contributed by atoms with van der Waals surface area (Å²) in [6, 6.07) is 3.96. The molecule has 0 atom stereocenters. The summed E-state index contributed by atoms with van der Waals surface area (Å²) in [5, 5.41) is 3.19. The van der Waals surface area contributed by atoms with Crippen LogP contribution in [0, 0.1) is 6.92 Å². The van der Waals surface area contributed by atoms with Gasteiger partial charge in [-0.05, 0) is 13.0 Å². The van der Waals surface area contributed by atoms with E-state index in [1.54, 1.807) is 7.11 Å². The Bertz CT molecular complexity index is 289. The number of hydrogen-bond donors (Lipinski definition) is 2. The Labute approximate surface area is 84.5 Å². The van der Waals surface area contributed by atoms with E-state index in [0.29, 0.717) is 13.2 Å². The van der Waals surface area contributed by atoms with Gasteiger partial charge in [-0.15, -0.1) is 0 Å². The molecule has 0 amide bonds. The van der Waals surface area contributed by atoms with E-state index in [1.165, 1.54) is 0 Å². The highest BCUT2D eigenvalue weighted by atomic mass is 16.5. The van der Waals surface area contributed by atoms with E-state index >= 15 is 0 Å². The van der Waals surface area contributed by atoms with E-state index < -0.39 is 0 Å². The van der Waals surface area contributed by atoms with Gasteiger partial charge in [-0.3, -0.25) is 0 Å². The number of hydrogen-bond acceptors (Lipinski definition) is 4. The van der Waals surface area contributed by atoms with Crippen molar-refractivity contribution in [1.82, 2.24) is 4.98 Å². The van der Waals surface area contributed by atoms with E-state index in [4.69, 9.17) is 10.5 Å². The number of aromatic nitrogens is 1.